The van der Waals surface area contributed by atoms with Gasteiger partial charge in [-0.25, -0.2) is 0 Å². The van der Waals surface area contributed by atoms with Crippen LogP contribution in [0.1, 0.15) is 42.5 Å². The molecule has 0 amide bonds. The Kier molecular flexibility index (Phi) is 4.81. The summed E-state index contributed by atoms with van der Waals surface area (Å²) in [4.78, 5) is 4.61. The molecule has 2 N–H and O–H groups in total. The second kappa shape index (κ2) is 6.38. The minimum atomic E-state index is 0.570. The van der Waals surface area contributed by atoms with Crippen molar-refractivity contribution in [3.63, 3.8) is 0 Å². The maximum Gasteiger partial charge on any atom is 0.128 e. The zero-order chi connectivity index (χ0) is 13.8. The Bertz CT molecular complexity index is 425. The number of aromatic nitrogens is 1. The third kappa shape index (κ3) is 3.08. The molecule has 0 aliphatic heterocycles. The average Bonchev–Trinajstić information content (AvgIpc) is 2.92. The molecule has 1 unspecified atom stereocenters. The molecule has 1 heterocycles. The van der Waals surface area contributed by atoms with E-state index in [-0.39, 0.29) is 0 Å². The standard InChI is InChI=1S/C16H26N2O/c1-11-10-18-15(12(2)16(11)19-3)8-14(9-17)13-6-4-5-7-13/h10,13-14H,4-9,17H2,1-3H3. The smallest absolute Gasteiger partial charge is 0.128 e. The van der Waals surface area contributed by atoms with Crippen molar-refractivity contribution in [2.75, 3.05) is 13.7 Å². The molecule has 1 aliphatic rings. The Morgan fingerprint density at radius 1 is 1.37 bits per heavy atom. The van der Waals surface area contributed by atoms with Crippen molar-refractivity contribution in [2.45, 2.75) is 46.0 Å². The van der Waals surface area contributed by atoms with Gasteiger partial charge in [0.1, 0.15) is 5.75 Å². The second-order valence-corrected chi connectivity index (χ2v) is 5.79. The van der Waals surface area contributed by atoms with Crippen molar-refractivity contribution in [1.29, 1.82) is 0 Å². The summed E-state index contributed by atoms with van der Waals surface area (Å²) in [5.74, 6) is 2.34. The van der Waals surface area contributed by atoms with Gasteiger partial charge in [0.25, 0.3) is 0 Å². The van der Waals surface area contributed by atoms with E-state index in [1.165, 1.54) is 31.2 Å². The van der Waals surface area contributed by atoms with Gasteiger partial charge in [0, 0.05) is 23.0 Å². The van der Waals surface area contributed by atoms with Crippen LogP contribution >= 0.6 is 0 Å². The Hall–Kier alpha value is -1.09. The predicted molar refractivity (Wildman–Crippen MR) is 78.5 cm³/mol. The molecule has 3 nitrogen and oxygen atoms in total. The highest BCUT2D eigenvalue weighted by Crippen LogP contribution is 2.34. The summed E-state index contributed by atoms with van der Waals surface area (Å²) < 4.78 is 5.49. The number of ether oxygens (including phenoxy) is 1. The normalized spacial score (nSPS) is 17.7. The van der Waals surface area contributed by atoms with Gasteiger partial charge in [0.2, 0.25) is 0 Å². The summed E-state index contributed by atoms with van der Waals surface area (Å²) >= 11 is 0. The van der Waals surface area contributed by atoms with Gasteiger partial charge in [-0.3, -0.25) is 4.98 Å². The molecule has 19 heavy (non-hydrogen) atoms. The van der Waals surface area contributed by atoms with Crippen LogP contribution in [-0.4, -0.2) is 18.6 Å². The lowest BCUT2D eigenvalue weighted by Crippen LogP contribution is -2.24. The number of hydrogen-bond acceptors (Lipinski definition) is 3. The fourth-order valence-electron chi connectivity index (χ4n) is 3.40. The van der Waals surface area contributed by atoms with Gasteiger partial charge >= 0.3 is 0 Å². The number of nitrogens with zero attached hydrogens (tertiary/aromatic N) is 1. The van der Waals surface area contributed by atoms with E-state index in [4.69, 9.17) is 10.5 Å². The monoisotopic (exact) mass is 262 g/mol. The number of methoxy groups -OCH3 is 1. The highest BCUT2D eigenvalue weighted by atomic mass is 16.5. The van der Waals surface area contributed by atoms with Gasteiger partial charge in [-0.2, -0.15) is 0 Å². The van der Waals surface area contributed by atoms with Crippen LogP contribution < -0.4 is 10.5 Å². The molecular formula is C16H26N2O. The first-order chi connectivity index (χ1) is 9.17. The van der Waals surface area contributed by atoms with Crippen LogP contribution in [0, 0.1) is 25.7 Å². The van der Waals surface area contributed by atoms with Gasteiger partial charge < -0.3 is 10.5 Å². The van der Waals surface area contributed by atoms with E-state index in [0.717, 1.165) is 35.9 Å². The summed E-state index contributed by atoms with van der Waals surface area (Å²) in [6, 6.07) is 0. The fraction of sp³-hybridized carbons (Fsp3) is 0.688. The van der Waals surface area contributed by atoms with E-state index in [2.05, 4.69) is 11.9 Å². The lowest BCUT2D eigenvalue weighted by Gasteiger charge is -2.23. The van der Waals surface area contributed by atoms with Crippen molar-refractivity contribution < 1.29 is 4.74 Å². The largest absolute Gasteiger partial charge is 0.496 e. The second-order valence-electron chi connectivity index (χ2n) is 5.79. The molecule has 1 atom stereocenters. The third-order valence-electron chi connectivity index (χ3n) is 4.57. The molecule has 2 rings (SSSR count). The van der Waals surface area contributed by atoms with Crippen molar-refractivity contribution in [3.05, 3.63) is 23.0 Å². The molecule has 1 fully saturated rings. The van der Waals surface area contributed by atoms with Crippen LogP contribution in [0.25, 0.3) is 0 Å². The van der Waals surface area contributed by atoms with Crippen LogP contribution in [0.15, 0.2) is 6.20 Å². The third-order valence-corrected chi connectivity index (χ3v) is 4.57. The molecule has 1 saturated carbocycles. The molecule has 0 radical (unpaired) electrons. The van der Waals surface area contributed by atoms with E-state index in [1.807, 2.05) is 13.1 Å². The van der Waals surface area contributed by atoms with E-state index in [1.54, 1.807) is 7.11 Å². The lowest BCUT2D eigenvalue weighted by molar-refractivity contribution is 0.340. The number of aryl methyl sites for hydroxylation is 1. The van der Waals surface area contributed by atoms with Crippen molar-refractivity contribution >= 4 is 0 Å². The summed E-state index contributed by atoms with van der Waals surface area (Å²) in [5, 5.41) is 0. The molecule has 0 bridgehead atoms. The van der Waals surface area contributed by atoms with Gasteiger partial charge in [0.15, 0.2) is 0 Å². The molecule has 3 heteroatoms. The number of pyridine rings is 1. The van der Waals surface area contributed by atoms with Crippen molar-refractivity contribution in [3.8, 4) is 5.75 Å². The Morgan fingerprint density at radius 2 is 2.05 bits per heavy atom. The summed E-state index contributed by atoms with van der Waals surface area (Å²) in [7, 11) is 1.73. The van der Waals surface area contributed by atoms with Gasteiger partial charge in [-0.05, 0) is 38.6 Å². The molecule has 0 spiro atoms. The minimum Gasteiger partial charge on any atom is -0.496 e. The van der Waals surface area contributed by atoms with Crippen molar-refractivity contribution in [1.82, 2.24) is 4.98 Å². The summed E-state index contributed by atoms with van der Waals surface area (Å²) in [6.07, 6.45) is 8.32. The molecular weight excluding hydrogens is 236 g/mol. The minimum absolute atomic E-state index is 0.570. The SMILES string of the molecule is COc1c(C)cnc(CC(CN)C2CCCC2)c1C. The van der Waals surface area contributed by atoms with Gasteiger partial charge in [0.05, 0.1) is 7.11 Å². The Balaban J connectivity index is 2.17. The summed E-state index contributed by atoms with van der Waals surface area (Å²) in [5.41, 5.74) is 9.43. The predicted octanol–water partition coefficient (Wildman–Crippen LogP) is 3.01. The first-order valence-corrected chi connectivity index (χ1v) is 7.36. The van der Waals surface area contributed by atoms with Crippen LogP contribution in [0.5, 0.6) is 5.75 Å². The Labute approximate surface area is 116 Å². The lowest BCUT2D eigenvalue weighted by atomic mass is 9.86. The maximum absolute atomic E-state index is 5.99. The molecule has 1 aromatic rings. The number of rotatable bonds is 5. The topological polar surface area (TPSA) is 48.1 Å². The van der Waals surface area contributed by atoms with E-state index >= 15 is 0 Å². The molecule has 1 aromatic heterocycles. The molecule has 1 aliphatic carbocycles. The van der Waals surface area contributed by atoms with Crippen LogP contribution in [-0.2, 0) is 6.42 Å². The van der Waals surface area contributed by atoms with Crippen LogP contribution in [0.2, 0.25) is 0 Å². The Morgan fingerprint density at radius 3 is 2.63 bits per heavy atom. The summed E-state index contributed by atoms with van der Waals surface area (Å²) in [6.45, 7) is 4.92. The quantitative estimate of drug-likeness (QED) is 0.887. The van der Waals surface area contributed by atoms with Gasteiger partial charge in [-0.1, -0.05) is 25.7 Å². The van der Waals surface area contributed by atoms with Crippen LogP contribution in [0.4, 0.5) is 0 Å². The zero-order valence-corrected chi connectivity index (χ0v) is 12.4. The number of hydrogen-bond donors (Lipinski definition) is 1. The first-order valence-electron chi connectivity index (χ1n) is 7.36. The average molecular weight is 262 g/mol. The first kappa shape index (κ1) is 14.3. The van der Waals surface area contributed by atoms with E-state index in [9.17, 15) is 0 Å². The fourth-order valence-corrected chi connectivity index (χ4v) is 3.40. The molecule has 0 saturated heterocycles. The van der Waals surface area contributed by atoms with Gasteiger partial charge in [-0.15, -0.1) is 0 Å². The molecule has 0 aromatic carbocycles. The van der Waals surface area contributed by atoms with E-state index < -0.39 is 0 Å². The zero-order valence-electron chi connectivity index (χ0n) is 12.4. The highest BCUT2D eigenvalue weighted by molar-refractivity contribution is 5.41. The van der Waals surface area contributed by atoms with Crippen molar-refractivity contribution in [2.24, 2.45) is 17.6 Å². The number of nitrogens with two attached hydrogens (primary N) is 1. The highest BCUT2D eigenvalue weighted by Gasteiger charge is 2.25. The van der Waals surface area contributed by atoms with E-state index in [0.29, 0.717) is 5.92 Å². The van der Waals surface area contributed by atoms with Crippen LogP contribution in [0.3, 0.4) is 0 Å². The molecule has 106 valence electrons. The maximum atomic E-state index is 5.99.